The van der Waals surface area contributed by atoms with E-state index in [1.165, 1.54) is 0 Å². The summed E-state index contributed by atoms with van der Waals surface area (Å²) in [5.41, 5.74) is 5.89. The second kappa shape index (κ2) is 6.10. The Hall–Kier alpha value is -2.80. The highest BCUT2D eigenvalue weighted by molar-refractivity contribution is 5.72. The van der Waals surface area contributed by atoms with Crippen LogP contribution in [0.2, 0.25) is 0 Å². The molecule has 106 valence electrons. The number of primary amides is 1. The van der Waals surface area contributed by atoms with Crippen LogP contribution in [0.5, 0.6) is 0 Å². The van der Waals surface area contributed by atoms with E-state index in [0.717, 1.165) is 11.1 Å². The zero-order chi connectivity index (χ0) is 15.3. The molecule has 4 nitrogen and oxygen atoms in total. The summed E-state index contributed by atoms with van der Waals surface area (Å²) < 4.78 is 0. The smallest absolute Gasteiger partial charge is 0.312 e. The van der Waals surface area contributed by atoms with Crippen molar-refractivity contribution >= 4 is 6.03 Å². The Morgan fingerprint density at radius 3 is 1.86 bits per heavy atom. The summed E-state index contributed by atoms with van der Waals surface area (Å²) in [6, 6.07) is 20.1. The third-order valence-corrected chi connectivity index (χ3v) is 3.64. The number of nitriles is 1. The third-order valence-electron chi connectivity index (χ3n) is 3.64. The maximum Gasteiger partial charge on any atom is 0.312 e. The van der Waals surface area contributed by atoms with Gasteiger partial charge in [0.05, 0.1) is 12.1 Å². The number of nitrogens with zero attached hydrogens (tertiary/aromatic N) is 1. The number of carbonyl (C=O) groups is 1. The molecular weight excluding hydrogens is 262 g/mol. The minimum atomic E-state index is -0.989. The fourth-order valence-electron chi connectivity index (χ4n) is 2.62. The number of amides is 2. The topological polar surface area (TPSA) is 78.9 Å². The third kappa shape index (κ3) is 2.72. The lowest BCUT2D eigenvalue weighted by Gasteiger charge is -2.34. The molecule has 0 bridgehead atoms. The van der Waals surface area contributed by atoms with Gasteiger partial charge in [0.25, 0.3) is 0 Å². The molecule has 0 aliphatic carbocycles. The van der Waals surface area contributed by atoms with Gasteiger partial charge in [-0.3, -0.25) is 0 Å². The molecule has 0 aliphatic rings. The van der Waals surface area contributed by atoms with Crippen molar-refractivity contribution in [1.29, 1.82) is 5.26 Å². The molecule has 0 aromatic heterocycles. The largest absolute Gasteiger partial charge is 0.352 e. The average Bonchev–Trinajstić information content (AvgIpc) is 2.50. The lowest BCUT2D eigenvalue weighted by Crippen LogP contribution is -2.50. The van der Waals surface area contributed by atoms with Crippen molar-refractivity contribution < 1.29 is 4.79 Å². The quantitative estimate of drug-likeness (QED) is 0.902. The molecule has 0 saturated carbocycles. The van der Waals surface area contributed by atoms with E-state index in [4.69, 9.17) is 5.73 Å². The molecular formula is C17H17N3O. The lowest BCUT2D eigenvalue weighted by molar-refractivity contribution is 0.243. The molecule has 2 aromatic carbocycles. The van der Waals surface area contributed by atoms with E-state index >= 15 is 0 Å². The van der Waals surface area contributed by atoms with Gasteiger partial charge in [0, 0.05) is 0 Å². The zero-order valence-corrected chi connectivity index (χ0v) is 11.8. The van der Waals surface area contributed by atoms with Gasteiger partial charge in [-0.25, -0.2) is 4.79 Å². The van der Waals surface area contributed by atoms with Gasteiger partial charge in [-0.1, -0.05) is 60.7 Å². The van der Waals surface area contributed by atoms with Crippen LogP contribution >= 0.6 is 0 Å². The van der Waals surface area contributed by atoms with Crippen molar-refractivity contribution in [3.8, 4) is 6.07 Å². The number of hydrogen-bond donors (Lipinski definition) is 2. The highest BCUT2D eigenvalue weighted by Gasteiger charge is 2.40. The Morgan fingerprint density at radius 2 is 1.52 bits per heavy atom. The summed E-state index contributed by atoms with van der Waals surface area (Å²) in [5.74, 6) is 0. The first-order valence-electron chi connectivity index (χ1n) is 6.69. The Kier molecular flexibility index (Phi) is 4.24. The highest BCUT2D eigenvalue weighted by atomic mass is 16.2. The maximum atomic E-state index is 11.2. The molecule has 4 heteroatoms. The number of carbonyl (C=O) groups excluding carboxylic acids is 1. The van der Waals surface area contributed by atoms with Gasteiger partial charge in [0.1, 0.15) is 5.41 Å². The number of rotatable bonds is 4. The summed E-state index contributed by atoms with van der Waals surface area (Å²) in [6.45, 7) is 1.79. The Bertz CT molecular complexity index is 607. The number of hydrogen-bond acceptors (Lipinski definition) is 2. The van der Waals surface area contributed by atoms with Gasteiger partial charge >= 0.3 is 6.03 Å². The van der Waals surface area contributed by atoms with Crippen molar-refractivity contribution in [3.05, 3.63) is 71.8 Å². The molecule has 0 aliphatic heterocycles. The molecule has 0 fully saturated rings. The first-order chi connectivity index (χ1) is 10.1. The molecule has 2 rings (SSSR count). The van der Waals surface area contributed by atoms with Crippen LogP contribution in [0.1, 0.15) is 18.1 Å². The van der Waals surface area contributed by atoms with Gasteiger partial charge in [-0.15, -0.1) is 0 Å². The van der Waals surface area contributed by atoms with E-state index in [0.29, 0.717) is 0 Å². The molecule has 2 amide bonds. The van der Waals surface area contributed by atoms with Crippen LogP contribution in [0, 0.1) is 11.3 Å². The number of nitrogens with one attached hydrogen (secondary N) is 1. The first kappa shape index (κ1) is 14.6. The molecule has 0 unspecified atom stereocenters. The SMILES string of the molecule is C[C@H](NC(N)=O)C(C#N)(c1ccccc1)c1ccccc1. The summed E-state index contributed by atoms with van der Waals surface area (Å²) in [7, 11) is 0. The predicted molar refractivity (Wildman–Crippen MR) is 81.5 cm³/mol. The van der Waals surface area contributed by atoms with Crippen LogP contribution < -0.4 is 11.1 Å². The monoisotopic (exact) mass is 279 g/mol. The summed E-state index contributed by atoms with van der Waals surface area (Å²) >= 11 is 0. The maximum absolute atomic E-state index is 11.2. The molecule has 21 heavy (non-hydrogen) atoms. The fraction of sp³-hybridized carbons (Fsp3) is 0.176. The van der Waals surface area contributed by atoms with E-state index in [1.807, 2.05) is 60.7 Å². The van der Waals surface area contributed by atoms with E-state index in [1.54, 1.807) is 6.92 Å². The fourth-order valence-corrected chi connectivity index (χ4v) is 2.62. The molecule has 2 aromatic rings. The van der Waals surface area contributed by atoms with Crippen LogP contribution in [0.25, 0.3) is 0 Å². The van der Waals surface area contributed by atoms with Crippen molar-refractivity contribution in [2.24, 2.45) is 5.73 Å². The molecule has 0 heterocycles. The van der Waals surface area contributed by atoms with Gasteiger partial charge in [0.2, 0.25) is 0 Å². The lowest BCUT2D eigenvalue weighted by atomic mass is 9.70. The van der Waals surface area contributed by atoms with E-state index in [9.17, 15) is 10.1 Å². The van der Waals surface area contributed by atoms with E-state index < -0.39 is 17.5 Å². The average molecular weight is 279 g/mol. The second-order valence-electron chi connectivity index (χ2n) is 4.88. The van der Waals surface area contributed by atoms with Crippen molar-refractivity contribution in [1.82, 2.24) is 5.32 Å². The van der Waals surface area contributed by atoms with Crippen LogP contribution in [-0.2, 0) is 5.41 Å². The standard InChI is InChI=1S/C17H17N3O/c1-13(20-16(19)21)17(12-18,14-8-4-2-5-9-14)15-10-6-3-7-11-15/h2-11,13H,1H3,(H3,19,20,21)/t13-/m0/s1. The minimum Gasteiger partial charge on any atom is -0.352 e. The van der Waals surface area contributed by atoms with Crippen molar-refractivity contribution in [2.45, 2.75) is 18.4 Å². The first-order valence-corrected chi connectivity index (χ1v) is 6.69. The Labute approximate surface area is 124 Å². The van der Waals surface area contributed by atoms with Gasteiger partial charge < -0.3 is 11.1 Å². The predicted octanol–water partition coefficient (Wildman–Crippen LogP) is 2.55. The van der Waals surface area contributed by atoms with Gasteiger partial charge in [-0.05, 0) is 18.1 Å². The summed E-state index contributed by atoms with van der Waals surface area (Å²) in [5, 5.41) is 12.6. The van der Waals surface area contributed by atoms with Crippen LogP contribution in [0.3, 0.4) is 0 Å². The normalized spacial score (nSPS) is 12.2. The van der Waals surface area contributed by atoms with E-state index in [2.05, 4.69) is 11.4 Å². The number of nitrogens with two attached hydrogens (primary N) is 1. The van der Waals surface area contributed by atoms with Gasteiger partial charge in [0.15, 0.2) is 0 Å². The van der Waals surface area contributed by atoms with Crippen LogP contribution in [0.4, 0.5) is 4.79 Å². The Balaban J connectivity index is 2.63. The Morgan fingerprint density at radius 1 is 1.10 bits per heavy atom. The number of urea groups is 1. The molecule has 0 saturated heterocycles. The second-order valence-corrected chi connectivity index (χ2v) is 4.88. The highest BCUT2D eigenvalue weighted by Crippen LogP contribution is 2.35. The van der Waals surface area contributed by atoms with Crippen molar-refractivity contribution in [3.63, 3.8) is 0 Å². The van der Waals surface area contributed by atoms with Crippen LogP contribution in [0.15, 0.2) is 60.7 Å². The number of benzene rings is 2. The van der Waals surface area contributed by atoms with Crippen molar-refractivity contribution in [2.75, 3.05) is 0 Å². The van der Waals surface area contributed by atoms with Gasteiger partial charge in [-0.2, -0.15) is 5.26 Å². The summed E-state index contributed by atoms with van der Waals surface area (Å²) in [4.78, 5) is 11.2. The zero-order valence-electron chi connectivity index (χ0n) is 11.8. The molecule has 3 N–H and O–H groups in total. The summed E-state index contributed by atoms with van der Waals surface area (Å²) in [6.07, 6.45) is 0. The molecule has 0 spiro atoms. The molecule has 1 atom stereocenters. The minimum absolute atomic E-state index is 0.468. The van der Waals surface area contributed by atoms with Crippen LogP contribution in [-0.4, -0.2) is 12.1 Å². The molecule has 0 radical (unpaired) electrons. The van der Waals surface area contributed by atoms with E-state index in [-0.39, 0.29) is 0 Å².